The average Bonchev–Trinajstić information content (AvgIpc) is 3.07. The van der Waals surface area contributed by atoms with Crippen molar-refractivity contribution < 1.29 is 9.59 Å². The summed E-state index contributed by atoms with van der Waals surface area (Å²) in [5.41, 5.74) is 0.486. The number of fused-ring (bicyclic) bond motifs is 1. The second kappa shape index (κ2) is 5.84. The zero-order chi connectivity index (χ0) is 16.7. The van der Waals surface area contributed by atoms with E-state index >= 15 is 0 Å². The van der Waals surface area contributed by atoms with Gasteiger partial charge in [0.2, 0.25) is 0 Å². The maximum atomic E-state index is 12.8. The Bertz CT molecular complexity index is 642. The van der Waals surface area contributed by atoms with Gasteiger partial charge in [0.25, 0.3) is 5.91 Å². The minimum Gasteiger partial charge on any atom is -0.310 e. The predicted octanol–water partition coefficient (Wildman–Crippen LogP) is 1.86. The number of urea groups is 1. The maximum absolute atomic E-state index is 12.8. The lowest BCUT2D eigenvalue weighted by molar-refractivity contribution is -0.134. The largest absolute Gasteiger partial charge is 0.327 e. The molecule has 6 nitrogen and oxygen atoms in total. The van der Waals surface area contributed by atoms with Gasteiger partial charge >= 0.3 is 6.03 Å². The van der Waals surface area contributed by atoms with Crippen molar-refractivity contribution in [2.45, 2.75) is 50.7 Å². The van der Waals surface area contributed by atoms with E-state index in [1.807, 2.05) is 31.3 Å². The van der Waals surface area contributed by atoms with E-state index in [4.69, 9.17) is 0 Å². The molecule has 3 aliphatic rings. The fraction of sp³-hybridized carbons (Fsp3) is 0.611. The summed E-state index contributed by atoms with van der Waals surface area (Å²) in [4.78, 5) is 35.6. The molecule has 0 spiro atoms. The van der Waals surface area contributed by atoms with Crippen molar-refractivity contribution in [2.75, 3.05) is 19.6 Å². The van der Waals surface area contributed by atoms with E-state index < -0.39 is 5.54 Å². The number of likely N-dealkylation sites (tertiary alicyclic amines) is 1. The van der Waals surface area contributed by atoms with Gasteiger partial charge in [0.15, 0.2) is 0 Å². The number of hydrogen-bond donors (Lipinski definition) is 0. The van der Waals surface area contributed by atoms with Crippen molar-refractivity contribution in [2.24, 2.45) is 0 Å². The molecule has 1 aromatic rings. The van der Waals surface area contributed by atoms with Crippen LogP contribution in [0.1, 0.15) is 38.3 Å². The van der Waals surface area contributed by atoms with Crippen molar-refractivity contribution >= 4 is 11.9 Å². The Morgan fingerprint density at radius 2 is 2.00 bits per heavy atom. The molecular formula is C18H24N4O2. The molecule has 3 aliphatic heterocycles. The van der Waals surface area contributed by atoms with Crippen molar-refractivity contribution in [3.05, 3.63) is 30.1 Å². The molecule has 3 amide bonds. The summed E-state index contributed by atoms with van der Waals surface area (Å²) in [5, 5.41) is 0. The molecule has 0 radical (unpaired) electrons. The molecule has 3 fully saturated rings. The SMILES string of the molecule is C[C@]12CCCN1C(=O)N(C1CCN(Cc3ccccn3)CC1)C2=O. The third kappa shape index (κ3) is 2.40. The quantitative estimate of drug-likeness (QED) is 0.795. The average molecular weight is 328 g/mol. The number of amides is 3. The van der Waals surface area contributed by atoms with Gasteiger partial charge in [0, 0.05) is 38.4 Å². The zero-order valence-electron chi connectivity index (χ0n) is 14.1. The van der Waals surface area contributed by atoms with E-state index in [1.54, 1.807) is 9.80 Å². The van der Waals surface area contributed by atoms with E-state index in [0.717, 1.165) is 57.6 Å². The lowest BCUT2D eigenvalue weighted by Crippen LogP contribution is -2.48. The minimum atomic E-state index is -0.581. The summed E-state index contributed by atoms with van der Waals surface area (Å²) in [7, 11) is 0. The van der Waals surface area contributed by atoms with Crippen LogP contribution in [0.4, 0.5) is 4.79 Å². The summed E-state index contributed by atoms with van der Waals surface area (Å²) < 4.78 is 0. The molecule has 128 valence electrons. The van der Waals surface area contributed by atoms with Gasteiger partial charge in [-0.15, -0.1) is 0 Å². The van der Waals surface area contributed by atoms with Gasteiger partial charge in [-0.2, -0.15) is 0 Å². The summed E-state index contributed by atoms with van der Waals surface area (Å²) in [6.45, 7) is 5.27. The number of carbonyl (C=O) groups is 2. The van der Waals surface area contributed by atoms with E-state index in [-0.39, 0.29) is 18.0 Å². The normalized spacial score (nSPS) is 28.7. The first-order valence-corrected chi connectivity index (χ1v) is 8.87. The Morgan fingerprint density at radius 3 is 2.67 bits per heavy atom. The van der Waals surface area contributed by atoms with Gasteiger partial charge < -0.3 is 4.90 Å². The smallest absolute Gasteiger partial charge is 0.310 e. The first kappa shape index (κ1) is 15.6. The molecule has 3 saturated heterocycles. The first-order chi connectivity index (χ1) is 11.6. The molecular weight excluding hydrogens is 304 g/mol. The summed E-state index contributed by atoms with van der Waals surface area (Å²) in [5.74, 6) is 0.0215. The van der Waals surface area contributed by atoms with Crippen LogP contribution in [0.15, 0.2) is 24.4 Å². The Labute approximate surface area is 142 Å². The van der Waals surface area contributed by atoms with Gasteiger partial charge in [-0.05, 0) is 44.7 Å². The highest BCUT2D eigenvalue weighted by Gasteiger charge is 2.57. The highest BCUT2D eigenvalue weighted by molar-refractivity contribution is 6.07. The van der Waals surface area contributed by atoms with Crippen LogP contribution in [0.2, 0.25) is 0 Å². The zero-order valence-corrected chi connectivity index (χ0v) is 14.1. The number of pyridine rings is 1. The molecule has 0 saturated carbocycles. The van der Waals surface area contributed by atoms with Crippen molar-refractivity contribution in [1.29, 1.82) is 0 Å². The van der Waals surface area contributed by atoms with Gasteiger partial charge in [-0.3, -0.25) is 19.6 Å². The Hall–Kier alpha value is -1.95. The number of nitrogens with zero attached hydrogens (tertiary/aromatic N) is 4. The molecule has 1 atom stereocenters. The van der Waals surface area contributed by atoms with Gasteiger partial charge in [-0.1, -0.05) is 6.07 Å². The van der Waals surface area contributed by atoms with Gasteiger partial charge in [0.1, 0.15) is 5.54 Å². The molecule has 4 rings (SSSR count). The number of aromatic nitrogens is 1. The van der Waals surface area contributed by atoms with Crippen LogP contribution < -0.4 is 0 Å². The van der Waals surface area contributed by atoms with Crippen LogP contribution in [0.3, 0.4) is 0 Å². The second-order valence-corrected chi connectivity index (χ2v) is 7.32. The third-order valence-electron chi connectivity index (χ3n) is 5.79. The maximum Gasteiger partial charge on any atom is 0.327 e. The molecule has 0 aromatic carbocycles. The molecule has 0 N–H and O–H groups in total. The predicted molar refractivity (Wildman–Crippen MR) is 89.1 cm³/mol. The molecule has 1 aromatic heterocycles. The molecule has 6 heteroatoms. The molecule has 4 heterocycles. The fourth-order valence-electron chi connectivity index (χ4n) is 4.35. The monoisotopic (exact) mass is 328 g/mol. The van der Waals surface area contributed by atoms with Gasteiger partial charge in [-0.25, -0.2) is 4.79 Å². The fourth-order valence-corrected chi connectivity index (χ4v) is 4.35. The molecule has 24 heavy (non-hydrogen) atoms. The van der Waals surface area contributed by atoms with E-state index in [9.17, 15) is 9.59 Å². The molecule has 0 aliphatic carbocycles. The lowest BCUT2D eigenvalue weighted by Gasteiger charge is -2.35. The minimum absolute atomic E-state index is 0.0215. The van der Waals surface area contributed by atoms with E-state index in [2.05, 4.69) is 9.88 Å². The second-order valence-electron chi connectivity index (χ2n) is 7.32. The number of rotatable bonds is 3. The first-order valence-electron chi connectivity index (χ1n) is 8.87. The number of piperidine rings is 1. The van der Waals surface area contributed by atoms with Gasteiger partial charge in [0.05, 0.1) is 5.69 Å². The van der Waals surface area contributed by atoms with Crippen LogP contribution >= 0.6 is 0 Å². The lowest BCUT2D eigenvalue weighted by atomic mass is 9.97. The highest BCUT2D eigenvalue weighted by Crippen LogP contribution is 2.39. The summed E-state index contributed by atoms with van der Waals surface area (Å²) in [6, 6.07) is 5.95. The van der Waals surface area contributed by atoms with E-state index in [1.165, 1.54) is 0 Å². The van der Waals surface area contributed by atoms with Crippen LogP contribution in [0.5, 0.6) is 0 Å². The Balaban J connectivity index is 1.40. The van der Waals surface area contributed by atoms with Crippen LogP contribution in [-0.4, -0.2) is 62.8 Å². The van der Waals surface area contributed by atoms with Crippen LogP contribution in [-0.2, 0) is 11.3 Å². The highest BCUT2D eigenvalue weighted by atomic mass is 16.2. The van der Waals surface area contributed by atoms with Crippen molar-refractivity contribution in [1.82, 2.24) is 19.7 Å². The summed E-state index contributed by atoms with van der Waals surface area (Å²) in [6.07, 6.45) is 5.26. The third-order valence-corrected chi connectivity index (χ3v) is 5.79. The van der Waals surface area contributed by atoms with E-state index in [0.29, 0.717) is 0 Å². The summed E-state index contributed by atoms with van der Waals surface area (Å²) >= 11 is 0. The van der Waals surface area contributed by atoms with Crippen molar-refractivity contribution in [3.63, 3.8) is 0 Å². The Morgan fingerprint density at radius 1 is 1.21 bits per heavy atom. The van der Waals surface area contributed by atoms with Crippen molar-refractivity contribution in [3.8, 4) is 0 Å². The molecule has 0 bridgehead atoms. The Kier molecular flexibility index (Phi) is 3.79. The van der Waals surface area contributed by atoms with Crippen LogP contribution in [0.25, 0.3) is 0 Å². The topological polar surface area (TPSA) is 56.8 Å². The number of hydrogen-bond acceptors (Lipinski definition) is 4. The molecule has 0 unspecified atom stereocenters. The van der Waals surface area contributed by atoms with Crippen LogP contribution in [0, 0.1) is 0 Å². The standard InChI is InChI=1S/C18H24N4O2/c1-18-8-4-10-21(18)17(24)22(16(18)23)15-6-11-20(12-7-15)13-14-5-2-3-9-19-14/h2-3,5,9,15H,4,6-8,10-13H2,1H3/t18-/m1/s1. The number of carbonyl (C=O) groups excluding carboxylic acids is 2. The number of imide groups is 1.